The molecule has 110 valence electrons. The second kappa shape index (κ2) is 7.09. The van der Waals surface area contributed by atoms with E-state index in [9.17, 15) is 9.18 Å². The Kier molecular flexibility index (Phi) is 5.17. The molecule has 2 aromatic carbocycles. The molecule has 2 aromatic rings. The minimum Gasteiger partial charge on any atom is -0.464 e. The van der Waals surface area contributed by atoms with Crippen LogP contribution in [-0.2, 0) is 9.53 Å². The predicted octanol–water partition coefficient (Wildman–Crippen LogP) is 4.20. The Balaban J connectivity index is 2.30. The SMILES string of the molecule is CCOC(=O)C(Nc1ccc(F)cc1Cl)c1ccccc1. The number of rotatable bonds is 5. The number of ether oxygens (including phenoxy) is 1. The zero-order valence-electron chi connectivity index (χ0n) is 11.5. The summed E-state index contributed by atoms with van der Waals surface area (Å²) in [6.45, 7) is 2.02. The largest absolute Gasteiger partial charge is 0.464 e. The number of hydrogen-bond donors (Lipinski definition) is 1. The van der Waals surface area contributed by atoms with E-state index in [0.29, 0.717) is 5.69 Å². The van der Waals surface area contributed by atoms with Crippen LogP contribution in [0.15, 0.2) is 48.5 Å². The number of anilines is 1. The summed E-state index contributed by atoms with van der Waals surface area (Å²) in [4.78, 5) is 12.1. The van der Waals surface area contributed by atoms with E-state index < -0.39 is 17.8 Å². The fourth-order valence-corrected chi connectivity index (χ4v) is 2.13. The zero-order chi connectivity index (χ0) is 15.2. The normalized spacial score (nSPS) is 11.8. The molecule has 0 saturated carbocycles. The molecule has 0 saturated heterocycles. The van der Waals surface area contributed by atoms with Crippen LogP contribution in [0.4, 0.5) is 10.1 Å². The quantitative estimate of drug-likeness (QED) is 0.842. The van der Waals surface area contributed by atoms with Crippen molar-refractivity contribution in [3.8, 4) is 0 Å². The molecular formula is C16H15ClFNO2. The Morgan fingerprint density at radius 3 is 2.62 bits per heavy atom. The lowest BCUT2D eigenvalue weighted by molar-refractivity contribution is -0.144. The molecule has 1 atom stereocenters. The van der Waals surface area contributed by atoms with Gasteiger partial charge >= 0.3 is 5.97 Å². The van der Waals surface area contributed by atoms with E-state index in [4.69, 9.17) is 16.3 Å². The van der Waals surface area contributed by atoms with E-state index in [2.05, 4.69) is 5.32 Å². The molecule has 5 heteroatoms. The van der Waals surface area contributed by atoms with E-state index in [-0.39, 0.29) is 11.6 Å². The molecule has 0 spiro atoms. The van der Waals surface area contributed by atoms with Gasteiger partial charge in [0.1, 0.15) is 5.82 Å². The third-order valence-corrected chi connectivity index (χ3v) is 3.20. The molecule has 0 heterocycles. The highest BCUT2D eigenvalue weighted by atomic mass is 35.5. The first-order chi connectivity index (χ1) is 10.1. The van der Waals surface area contributed by atoms with Crippen molar-refractivity contribution in [1.82, 2.24) is 0 Å². The molecule has 0 aliphatic carbocycles. The lowest BCUT2D eigenvalue weighted by Gasteiger charge is -2.19. The van der Waals surface area contributed by atoms with Crippen LogP contribution in [0.2, 0.25) is 5.02 Å². The minimum absolute atomic E-state index is 0.209. The highest BCUT2D eigenvalue weighted by molar-refractivity contribution is 6.33. The predicted molar refractivity (Wildman–Crippen MR) is 80.8 cm³/mol. The average molecular weight is 308 g/mol. The average Bonchev–Trinajstić information content (AvgIpc) is 2.47. The smallest absolute Gasteiger partial charge is 0.333 e. The summed E-state index contributed by atoms with van der Waals surface area (Å²) in [7, 11) is 0. The van der Waals surface area contributed by atoms with E-state index in [0.717, 1.165) is 5.56 Å². The third kappa shape index (κ3) is 3.95. The molecule has 1 N–H and O–H groups in total. The van der Waals surface area contributed by atoms with Crippen LogP contribution >= 0.6 is 11.6 Å². The lowest BCUT2D eigenvalue weighted by atomic mass is 10.1. The van der Waals surface area contributed by atoms with Gasteiger partial charge in [-0.2, -0.15) is 0 Å². The Morgan fingerprint density at radius 1 is 1.29 bits per heavy atom. The molecule has 0 aliphatic rings. The molecule has 2 rings (SSSR count). The van der Waals surface area contributed by atoms with Crippen LogP contribution in [0.5, 0.6) is 0 Å². The summed E-state index contributed by atoms with van der Waals surface area (Å²) in [6, 6.07) is 12.4. The number of nitrogens with one attached hydrogen (secondary N) is 1. The lowest BCUT2D eigenvalue weighted by Crippen LogP contribution is -2.23. The molecule has 0 amide bonds. The Labute approximate surface area is 127 Å². The Bertz CT molecular complexity index is 619. The number of benzene rings is 2. The van der Waals surface area contributed by atoms with E-state index in [1.165, 1.54) is 18.2 Å². The van der Waals surface area contributed by atoms with Crippen LogP contribution < -0.4 is 5.32 Å². The summed E-state index contributed by atoms with van der Waals surface area (Å²) in [5, 5.41) is 3.21. The van der Waals surface area contributed by atoms with Gasteiger partial charge in [-0.1, -0.05) is 41.9 Å². The van der Waals surface area contributed by atoms with Gasteiger partial charge in [0.2, 0.25) is 0 Å². The first-order valence-corrected chi connectivity index (χ1v) is 6.92. The van der Waals surface area contributed by atoms with E-state index in [1.807, 2.05) is 30.3 Å². The van der Waals surface area contributed by atoms with Crippen LogP contribution in [0.1, 0.15) is 18.5 Å². The first kappa shape index (κ1) is 15.3. The molecular weight excluding hydrogens is 293 g/mol. The molecule has 0 radical (unpaired) electrons. The zero-order valence-corrected chi connectivity index (χ0v) is 12.2. The van der Waals surface area contributed by atoms with Crippen molar-refractivity contribution in [3.05, 3.63) is 64.9 Å². The second-order valence-electron chi connectivity index (χ2n) is 4.36. The van der Waals surface area contributed by atoms with E-state index in [1.54, 1.807) is 6.92 Å². The van der Waals surface area contributed by atoms with Gasteiger partial charge in [-0.25, -0.2) is 9.18 Å². The maximum Gasteiger partial charge on any atom is 0.333 e. The highest BCUT2D eigenvalue weighted by Crippen LogP contribution is 2.27. The fraction of sp³-hybridized carbons (Fsp3) is 0.188. The summed E-state index contributed by atoms with van der Waals surface area (Å²) in [5.41, 5.74) is 1.22. The Morgan fingerprint density at radius 2 is 2.00 bits per heavy atom. The number of carbonyl (C=O) groups excluding carboxylic acids is 1. The van der Waals surface area contributed by atoms with Crippen molar-refractivity contribution < 1.29 is 13.9 Å². The number of esters is 1. The van der Waals surface area contributed by atoms with Crippen molar-refractivity contribution in [2.75, 3.05) is 11.9 Å². The van der Waals surface area contributed by atoms with Crippen LogP contribution in [0.25, 0.3) is 0 Å². The third-order valence-electron chi connectivity index (χ3n) is 2.89. The summed E-state index contributed by atoms with van der Waals surface area (Å²) in [6.07, 6.45) is 0. The van der Waals surface area contributed by atoms with Gasteiger partial charge in [-0.05, 0) is 30.7 Å². The molecule has 0 fully saturated rings. The van der Waals surface area contributed by atoms with Crippen molar-refractivity contribution >= 4 is 23.3 Å². The highest BCUT2D eigenvalue weighted by Gasteiger charge is 2.22. The summed E-state index contributed by atoms with van der Waals surface area (Å²) >= 11 is 5.99. The van der Waals surface area contributed by atoms with Gasteiger partial charge < -0.3 is 10.1 Å². The van der Waals surface area contributed by atoms with Crippen molar-refractivity contribution in [1.29, 1.82) is 0 Å². The van der Waals surface area contributed by atoms with Gasteiger partial charge in [0.25, 0.3) is 0 Å². The van der Waals surface area contributed by atoms with Crippen LogP contribution in [0, 0.1) is 5.82 Å². The van der Waals surface area contributed by atoms with Crippen LogP contribution in [-0.4, -0.2) is 12.6 Å². The van der Waals surface area contributed by atoms with Crippen molar-refractivity contribution in [3.63, 3.8) is 0 Å². The standard InChI is InChI=1S/C16H15ClFNO2/c1-2-21-16(20)15(11-6-4-3-5-7-11)19-14-9-8-12(18)10-13(14)17/h3-10,15,19H,2H2,1H3. The van der Waals surface area contributed by atoms with Gasteiger partial charge in [0, 0.05) is 0 Å². The van der Waals surface area contributed by atoms with Crippen LogP contribution in [0.3, 0.4) is 0 Å². The number of halogens is 2. The van der Waals surface area contributed by atoms with Gasteiger partial charge in [-0.15, -0.1) is 0 Å². The molecule has 0 bridgehead atoms. The maximum atomic E-state index is 13.1. The molecule has 3 nitrogen and oxygen atoms in total. The van der Waals surface area contributed by atoms with Gasteiger partial charge in [0.15, 0.2) is 6.04 Å². The number of carbonyl (C=O) groups is 1. The van der Waals surface area contributed by atoms with E-state index >= 15 is 0 Å². The second-order valence-corrected chi connectivity index (χ2v) is 4.77. The number of hydrogen-bond acceptors (Lipinski definition) is 3. The molecule has 1 unspecified atom stereocenters. The summed E-state index contributed by atoms with van der Waals surface area (Å²) in [5.74, 6) is -0.845. The van der Waals surface area contributed by atoms with Gasteiger partial charge in [-0.3, -0.25) is 0 Å². The van der Waals surface area contributed by atoms with Crippen molar-refractivity contribution in [2.24, 2.45) is 0 Å². The molecule has 0 aromatic heterocycles. The molecule has 0 aliphatic heterocycles. The monoisotopic (exact) mass is 307 g/mol. The Hall–Kier alpha value is -2.07. The maximum absolute atomic E-state index is 13.1. The minimum atomic E-state index is -0.700. The molecule has 21 heavy (non-hydrogen) atoms. The van der Waals surface area contributed by atoms with Crippen molar-refractivity contribution in [2.45, 2.75) is 13.0 Å². The fourth-order valence-electron chi connectivity index (χ4n) is 1.91. The topological polar surface area (TPSA) is 38.3 Å². The summed E-state index contributed by atoms with van der Waals surface area (Å²) < 4.78 is 18.2. The first-order valence-electron chi connectivity index (χ1n) is 6.55. The van der Waals surface area contributed by atoms with Gasteiger partial charge in [0.05, 0.1) is 17.3 Å².